The number of rotatable bonds is 2. The Bertz CT molecular complexity index is 415. The molecule has 15 heavy (non-hydrogen) atoms. The van der Waals surface area contributed by atoms with Gasteiger partial charge in [0.1, 0.15) is 5.82 Å². The molecule has 0 aromatic heterocycles. The van der Waals surface area contributed by atoms with Crippen molar-refractivity contribution in [2.75, 3.05) is 4.31 Å². The quantitative estimate of drug-likeness (QED) is 0.711. The maximum absolute atomic E-state index is 13.0. The minimum absolute atomic E-state index is 0.230. The minimum Gasteiger partial charge on any atom is -0.273 e. The average Bonchev–Trinajstić information content (AvgIpc) is 2.29. The van der Waals surface area contributed by atoms with E-state index in [1.165, 1.54) is 24.3 Å². The van der Waals surface area contributed by atoms with E-state index in [0.29, 0.717) is 0 Å². The largest absolute Gasteiger partial charge is 0.273 e. The van der Waals surface area contributed by atoms with E-state index in [9.17, 15) is 4.39 Å². The van der Waals surface area contributed by atoms with Crippen LogP contribution in [0.1, 0.15) is 13.3 Å². The SMILES string of the molecule is CCC1=NSN(c2cccc(F)c2)C=C1. The Hall–Kier alpha value is -1.29. The van der Waals surface area contributed by atoms with Gasteiger partial charge in [0.05, 0.1) is 23.5 Å². The molecule has 0 atom stereocenters. The molecule has 0 saturated carbocycles. The molecular weight excluding hydrogens is 211 g/mol. The lowest BCUT2D eigenvalue weighted by atomic mass is 10.3. The maximum atomic E-state index is 13.0. The fraction of sp³-hybridized carbons (Fsp3) is 0.182. The Morgan fingerprint density at radius 3 is 2.93 bits per heavy atom. The molecule has 78 valence electrons. The van der Waals surface area contributed by atoms with E-state index >= 15 is 0 Å². The molecule has 0 aliphatic carbocycles. The van der Waals surface area contributed by atoms with Crippen LogP contribution in [0.15, 0.2) is 40.9 Å². The molecule has 0 spiro atoms. The van der Waals surface area contributed by atoms with Crippen molar-refractivity contribution in [3.05, 3.63) is 42.4 Å². The van der Waals surface area contributed by atoms with Crippen LogP contribution in [-0.2, 0) is 0 Å². The van der Waals surface area contributed by atoms with Gasteiger partial charge in [-0.05, 0) is 30.7 Å². The molecule has 1 aliphatic heterocycles. The van der Waals surface area contributed by atoms with Crippen LogP contribution >= 0.6 is 12.1 Å². The molecule has 4 heteroatoms. The van der Waals surface area contributed by atoms with Gasteiger partial charge in [0.2, 0.25) is 0 Å². The van der Waals surface area contributed by atoms with E-state index in [2.05, 4.69) is 11.3 Å². The second-order valence-corrected chi connectivity index (χ2v) is 3.88. The summed E-state index contributed by atoms with van der Waals surface area (Å²) in [6.45, 7) is 2.06. The average molecular weight is 222 g/mol. The first-order valence-electron chi connectivity index (χ1n) is 4.76. The number of benzene rings is 1. The van der Waals surface area contributed by atoms with Crippen LogP contribution in [0, 0.1) is 5.82 Å². The van der Waals surface area contributed by atoms with Gasteiger partial charge in [0.15, 0.2) is 0 Å². The zero-order valence-electron chi connectivity index (χ0n) is 8.35. The Morgan fingerprint density at radius 2 is 2.33 bits per heavy atom. The predicted octanol–water partition coefficient (Wildman–Crippen LogP) is 3.57. The van der Waals surface area contributed by atoms with Gasteiger partial charge >= 0.3 is 0 Å². The summed E-state index contributed by atoms with van der Waals surface area (Å²) in [6, 6.07) is 6.47. The molecule has 1 heterocycles. The summed E-state index contributed by atoms with van der Waals surface area (Å²) in [6.07, 6.45) is 4.77. The van der Waals surface area contributed by atoms with Gasteiger partial charge in [-0.1, -0.05) is 13.0 Å². The molecule has 1 aromatic rings. The first kappa shape index (κ1) is 10.2. The standard InChI is InChI=1S/C11H11FN2S/c1-2-10-6-7-14(15-13-10)11-5-3-4-9(12)8-11/h3-8H,2H2,1H3. The fourth-order valence-electron chi connectivity index (χ4n) is 1.24. The third-order valence-electron chi connectivity index (χ3n) is 2.07. The number of halogens is 1. The highest BCUT2D eigenvalue weighted by atomic mass is 32.2. The topological polar surface area (TPSA) is 15.6 Å². The summed E-state index contributed by atoms with van der Waals surface area (Å²) in [5.74, 6) is -0.230. The van der Waals surface area contributed by atoms with Crippen molar-refractivity contribution in [3.8, 4) is 0 Å². The Labute approximate surface area is 92.8 Å². The minimum atomic E-state index is -0.230. The molecule has 0 N–H and O–H groups in total. The molecule has 0 saturated heterocycles. The maximum Gasteiger partial charge on any atom is 0.125 e. The van der Waals surface area contributed by atoms with Gasteiger partial charge in [-0.25, -0.2) is 4.39 Å². The van der Waals surface area contributed by atoms with E-state index in [4.69, 9.17) is 0 Å². The Balaban J connectivity index is 2.15. The second-order valence-electron chi connectivity index (χ2n) is 3.14. The molecule has 0 unspecified atom stereocenters. The zero-order valence-corrected chi connectivity index (χ0v) is 9.17. The molecular formula is C11H11FN2S. The van der Waals surface area contributed by atoms with E-state index in [0.717, 1.165) is 17.8 Å². The van der Waals surface area contributed by atoms with Crippen LogP contribution in [0.5, 0.6) is 0 Å². The summed E-state index contributed by atoms with van der Waals surface area (Å²) < 4.78 is 19.1. The van der Waals surface area contributed by atoms with Gasteiger partial charge in [-0.3, -0.25) is 4.31 Å². The third kappa shape index (κ3) is 2.39. The fourth-order valence-corrected chi connectivity index (χ4v) is 1.94. The molecule has 0 fully saturated rings. The summed E-state index contributed by atoms with van der Waals surface area (Å²) >= 11 is 1.33. The normalized spacial score (nSPS) is 15.3. The van der Waals surface area contributed by atoms with E-state index in [1.54, 1.807) is 6.07 Å². The molecule has 0 bridgehead atoms. The number of anilines is 1. The second kappa shape index (κ2) is 4.49. The first-order chi connectivity index (χ1) is 7.29. The molecule has 2 rings (SSSR count). The van der Waals surface area contributed by atoms with Gasteiger partial charge in [0, 0.05) is 6.20 Å². The van der Waals surface area contributed by atoms with Crippen molar-refractivity contribution in [1.82, 2.24) is 0 Å². The zero-order chi connectivity index (χ0) is 10.7. The van der Waals surface area contributed by atoms with Gasteiger partial charge in [-0.15, -0.1) is 0 Å². The molecule has 1 aromatic carbocycles. The van der Waals surface area contributed by atoms with Crippen LogP contribution < -0.4 is 4.31 Å². The first-order valence-corrected chi connectivity index (χ1v) is 5.49. The smallest absolute Gasteiger partial charge is 0.125 e. The summed E-state index contributed by atoms with van der Waals surface area (Å²) in [4.78, 5) is 0. The highest BCUT2D eigenvalue weighted by molar-refractivity contribution is 7.99. The molecule has 0 amide bonds. The van der Waals surface area contributed by atoms with Gasteiger partial charge < -0.3 is 0 Å². The Morgan fingerprint density at radius 1 is 1.47 bits per heavy atom. The number of nitrogens with zero attached hydrogens (tertiary/aromatic N) is 2. The van der Waals surface area contributed by atoms with Crippen LogP contribution in [0.3, 0.4) is 0 Å². The monoisotopic (exact) mass is 222 g/mol. The molecule has 1 aliphatic rings. The molecule has 2 nitrogen and oxygen atoms in total. The van der Waals surface area contributed by atoms with Crippen molar-refractivity contribution in [2.45, 2.75) is 13.3 Å². The van der Waals surface area contributed by atoms with Crippen LogP contribution in [-0.4, -0.2) is 5.71 Å². The lowest BCUT2D eigenvalue weighted by molar-refractivity contribution is 0.628. The van der Waals surface area contributed by atoms with Crippen molar-refractivity contribution in [3.63, 3.8) is 0 Å². The van der Waals surface area contributed by atoms with E-state index in [-0.39, 0.29) is 5.82 Å². The molecule has 0 radical (unpaired) electrons. The highest BCUT2D eigenvalue weighted by Crippen LogP contribution is 2.27. The predicted molar refractivity (Wildman–Crippen MR) is 63.3 cm³/mol. The van der Waals surface area contributed by atoms with Crippen LogP contribution in [0.25, 0.3) is 0 Å². The third-order valence-corrected chi connectivity index (χ3v) is 2.90. The van der Waals surface area contributed by atoms with Crippen molar-refractivity contribution in [2.24, 2.45) is 4.40 Å². The van der Waals surface area contributed by atoms with Crippen molar-refractivity contribution >= 4 is 23.5 Å². The number of hydrogen-bond donors (Lipinski definition) is 0. The van der Waals surface area contributed by atoms with Crippen molar-refractivity contribution in [1.29, 1.82) is 0 Å². The van der Waals surface area contributed by atoms with E-state index < -0.39 is 0 Å². The number of hydrogen-bond acceptors (Lipinski definition) is 3. The summed E-state index contributed by atoms with van der Waals surface area (Å²) in [5.41, 5.74) is 1.85. The lowest BCUT2D eigenvalue weighted by Gasteiger charge is -2.19. The van der Waals surface area contributed by atoms with E-state index in [1.807, 2.05) is 22.6 Å². The number of allylic oxidation sites excluding steroid dienone is 1. The van der Waals surface area contributed by atoms with Crippen LogP contribution in [0.4, 0.5) is 10.1 Å². The lowest BCUT2D eigenvalue weighted by Crippen LogP contribution is -2.09. The highest BCUT2D eigenvalue weighted by Gasteiger charge is 2.08. The summed E-state index contributed by atoms with van der Waals surface area (Å²) in [5, 5.41) is 0. The summed E-state index contributed by atoms with van der Waals surface area (Å²) in [7, 11) is 0. The van der Waals surface area contributed by atoms with Gasteiger partial charge in [0.25, 0.3) is 0 Å². The van der Waals surface area contributed by atoms with Crippen molar-refractivity contribution < 1.29 is 4.39 Å². The Kier molecular flexibility index (Phi) is 3.06. The van der Waals surface area contributed by atoms with Gasteiger partial charge in [-0.2, -0.15) is 4.40 Å². The van der Waals surface area contributed by atoms with Crippen LogP contribution in [0.2, 0.25) is 0 Å².